The van der Waals surface area contributed by atoms with Crippen LogP contribution in [-0.4, -0.2) is 60.9 Å². The Bertz CT molecular complexity index is 873. The second-order valence-electron chi connectivity index (χ2n) is 7.80. The maximum absolute atomic E-state index is 12.8. The predicted molar refractivity (Wildman–Crippen MR) is 128 cm³/mol. The third-order valence-corrected chi connectivity index (χ3v) is 5.89. The van der Waals surface area contributed by atoms with Gasteiger partial charge in [-0.15, -0.1) is 24.8 Å². The van der Waals surface area contributed by atoms with E-state index in [1.165, 1.54) is 5.56 Å². The molecule has 168 valence electrons. The fourth-order valence-electron chi connectivity index (χ4n) is 4.16. The van der Waals surface area contributed by atoms with Crippen LogP contribution in [0.15, 0.2) is 54.6 Å². The van der Waals surface area contributed by atoms with Gasteiger partial charge in [0.25, 0.3) is 0 Å². The van der Waals surface area contributed by atoms with Crippen LogP contribution >= 0.6 is 24.8 Å². The summed E-state index contributed by atoms with van der Waals surface area (Å²) in [4.78, 5) is 31.3. The monoisotopic (exact) mass is 464 g/mol. The number of anilines is 1. The van der Waals surface area contributed by atoms with Crippen LogP contribution in [0.2, 0.25) is 0 Å². The van der Waals surface area contributed by atoms with Crippen LogP contribution < -0.4 is 10.6 Å². The normalized spacial score (nSPS) is 16.7. The number of carbonyl (C=O) groups excluding carboxylic acids is 2. The molecule has 0 aliphatic carbocycles. The van der Waals surface area contributed by atoms with Crippen molar-refractivity contribution in [3.63, 3.8) is 0 Å². The number of halogens is 2. The SMILES string of the molecule is Cl.Cl.NC(CC(=O)N1CCN(CC(=O)N2CCc3ccccc32)CC1)c1ccccc1. The maximum Gasteiger partial charge on any atom is 0.241 e. The lowest BCUT2D eigenvalue weighted by Crippen LogP contribution is -2.51. The number of nitrogens with two attached hydrogens (primary N) is 1. The molecule has 2 aromatic rings. The van der Waals surface area contributed by atoms with Crippen molar-refractivity contribution in [1.29, 1.82) is 0 Å². The summed E-state index contributed by atoms with van der Waals surface area (Å²) in [6, 6.07) is 17.6. The molecule has 2 aromatic carbocycles. The van der Waals surface area contributed by atoms with Crippen LogP contribution in [0.1, 0.15) is 23.6 Å². The minimum atomic E-state index is -0.279. The lowest BCUT2D eigenvalue weighted by atomic mass is 10.0. The highest BCUT2D eigenvalue weighted by atomic mass is 35.5. The molecule has 1 unspecified atom stereocenters. The van der Waals surface area contributed by atoms with Crippen molar-refractivity contribution < 1.29 is 9.59 Å². The van der Waals surface area contributed by atoms with Crippen LogP contribution in [-0.2, 0) is 16.0 Å². The molecule has 1 atom stereocenters. The Morgan fingerprint density at radius 3 is 2.19 bits per heavy atom. The number of fused-ring (bicyclic) bond motifs is 1. The number of para-hydroxylation sites is 1. The minimum absolute atomic E-state index is 0. The Kier molecular flexibility index (Phi) is 9.32. The second-order valence-corrected chi connectivity index (χ2v) is 7.80. The van der Waals surface area contributed by atoms with Crippen LogP contribution in [0.4, 0.5) is 5.69 Å². The van der Waals surface area contributed by atoms with E-state index >= 15 is 0 Å². The Balaban J connectivity index is 0.00000171. The highest BCUT2D eigenvalue weighted by Crippen LogP contribution is 2.27. The summed E-state index contributed by atoms with van der Waals surface area (Å²) >= 11 is 0. The predicted octanol–water partition coefficient (Wildman–Crippen LogP) is 2.65. The van der Waals surface area contributed by atoms with Crippen molar-refractivity contribution in [2.75, 3.05) is 44.2 Å². The van der Waals surface area contributed by atoms with Crippen molar-refractivity contribution in [2.45, 2.75) is 18.9 Å². The van der Waals surface area contributed by atoms with Crippen LogP contribution in [0, 0.1) is 0 Å². The van der Waals surface area contributed by atoms with Gasteiger partial charge in [-0.05, 0) is 23.6 Å². The molecule has 2 aliphatic rings. The van der Waals surface area contributed by atoms with Gasteiger partial charge in [0, 0.05) is 50.9 Å². The van der Waals surface area contributed by atoms with Crippen molar-refractivity contribution >= 4 is 42.3 Å². The minimum Gasteiger partial charge on any atom is -0.340 e. The number of hydrogen-bond donors (Lipinski definition) is 1. The molecule has 8 heteroatoms. The molecular weight excluding hydrogens is 435 g/mol. The van der Waals surface area contributed by atoms with E-state index < -0.39 is 0 Å². The summed E-state index contributed by atoms with van der Waals surface area (Å²) in [7, 11) is 0. The zero-order valence-corrected chi connectivity index (χ0v) is 19.1. The molecule has 6 nitrogen and oxygen atoms in total. The fraction of sp³-hybridized carbons (Fsp3) is 0.391. The van der Waals surface area contributed by atoms with E-state index in [0.717, 1.165) is 24.2 Å². The van der Waals surface area contributed by atoms with Gasteiger partial charge in [-0.25, -0.2) is 0 Å². The smallest absolute Gasteiger partial charge is 0.241 e. The lowest BCUT2D eigenvalue weighted by Gasteiger charge is -2.35. The lowest BCUT2D eigenvalue weighted by molar-refractivity contribution is -0.133. The average Bonchev–Trinajstić information content (AvgIpc) is 3.19. The molecule has 31 heavy (non-hydrogen) atoms. The van der Waals surface area contributed by atoms with Gasteiger partial charge >= 0.3 is 0 Å². The van der Waals surface area contributed by atoms with Gasteiger partial charge < -0.3 is 15.5 Å². The van der Waals surface area contributed by atoms with E-state index in [-0.39, 0.29) is 42.7 Å². The van der Waals surface area contributed by atoms with E-state index in [0.29, 0.717) is 39.1 Å². The Morgan fingerprint density at radius 1 is 0.839 bits per heavy atom. The summed E-state index contributed by atoms with van der Waals surface area (Å²) in [5, 5.41) is 0. The molecule has 2 heterocycles. The van der Waals surface area contributed by atoms with E-state index in [1.54, 1.807) is 0 Å². The molecule has 2 aliphatic heterocycles. The van der Waals surface area contributed by atoms with E-state index in [2.05, 4.69) is 11.0 Å². The molecular formula is C23H30Cl2N4O2. The third-order valence-electron chi connectivity index (χ3n) is 5.89. The van der Waals surface area contributed by atoms with Crippen molar-refractivity contribution in [1.82, 2.24) is 9.80 Å². The first-order chi connectivity index (χ1) is 14.1. The summed E-state index contributed by atoms with van der Waals surface area (Å²) in [6.07, 6.45) is 1.24. The standard InChI is InChI=1S/C23H28N4O2.2ClH/c24-20(18-6-2-1-3-7-18)16-22(28)26-14-12-25(13-15-26)17-23(29)27-11-10-19-8-4-5-9-21(19)27;;/h1-9,20H,10-17,24H2;2*1H. The first-order valence-corrected chi connectivity index (χ1v) is 10.3. The number of nitrogens with zero attached hydrogens (tertiary/aromatic N) is 3. The Hall–Kier alpha value is -2.12. The van der Waals surface area contributed by atoms with Gasteiger partial charge in [-0.1, -0.05) is 48.5 Å². The Labute approximate surface area is 196 Å². The molecule has 4 rings (SSSR count). The highest BCUT2D eigenvalue weighted by Gasteiger charge is 2.28. The first kappa shape index (κ1) is 25.1. The zero-order chi connectivity index (χ0) is 20.2. The number of amides is 2. The summed E-state index contributed by atoms with van der Waals surface area (Å²) in [5.74, 6) is 0.224. The quantitative estimate of drug-likeness (QED) is 0.738. The van der Waals surface area contributed by atoms with Gasteiger partial charge in [0.05, 0.1) is 6.54 Å². The second kappa shape index (κ2) is 11.5. The number of piperazine rings is 1. The van der Waals surface area contributed by atoms with E-state index in [9.17, 15) is 9.59 Å². The van der Waals surface area contributed by atoms with Gasteiger partial charge in [-0.3, -0.25) is 14.5 Å². The largest absolute Gasteiger partial charge is 0.340 e. The molecule has 0 spiro atoms. The first-order valence-electron chi connectivity index (χ1n) is 10.3. The zero-order valence-electron chi connectivity index (χ0n) is 17.5. The van der Waals surface area contributed by atoms with Gasteiger partial charge in [-0.2, -0.15) is 0 Å². The van der Waals surface area contributed by atoms with Crippen molar-refractivity contribution in [2.24, 2.45) is 5.73 Å². The summed E-state index contributed by atoms with van der Waals surface area (Å²) in [5.41, 5.74) is 9.46. The fourth-order valence-corrected chi connectivity index (χ4v) is 4.16. The molecule has 1 fully saturated rings. The Morgan fingerprint density at radius 2 is 1.48 bits per heavy atom. The van der Waals surface area contributed by atoms with Crippen LogP contribution in [0.3, 0.4) is 0 Å². The molecule has 0 radical (unpaired) electrons. The van der Waals surface area contributed by atoms with E-state index in [1.807, 2.05) is 58.3 Å². The third kappa shape index (κ3) is 5.98. The van der Waals surface area contributed by atoms with Gasteiger partial charge in [0.2, 0.25) is 11.8 Å². The highest BCUT2D eigenvalue weighted by molar-refractivity contribution is 5.96. The van der Waals surface area contributed by atoms with Crippen LogP contribution in [0.25, 0.3) is 0 Å². The molecule has 1 saturated heterocycles. The molecule has 0 saturated carbocycles. The molecule has 0 bridgehead atoms. The van der Waals surface area contributed by atoms with E-state index in [4.69, 9.17) is 5.73 Å². The van der Waals surface area contributed by atoms with Crippen molar-refractivity contribution in [3.8, 4) is 0 Å². The molecule has 0 aromatic heterocycles. The molecule has 2 amide bonds. The van der Waals surface area contributed by atoms with Gasteiger partial charge in [0.1, 0.15) is 0 Å². The molecule has 2 N–H and O–H groups in total. The number of carbonyl (C=O) groups is 2. The van der Waals surface area contributed by atoms with Gasteiger partial charge in [0.15, 0.2) is 0 Å². The number of hydrogen-bond acceptors (Lipinski definition) is 4. The number of rotatable bonds is 5. The topological polar surface area (TPSA) is 69.9 Å². The van der Waals surface area contributed by atoms with Crippen molar-refractivity contribution in [3.05, 3.63) is 65.7 Å². The average molecular weight is 465 g/mol. The number of benzene rings is 2. The summed E-state index contributed by atoms with van der Waals surface area (Å²) in [6.45, 7) is 3.88. The summed E-state index contributed by atoms with van der Waals surface area (Å²) < 4.78 is 0. The maximum atomic E-state index is 12.8. The van der Waals surface area contributed by atoms with Crippen LogP contribution in [0.5, 0.6) is 0 Å².